The average molecular weight is 417 g/mol. The van der Waals surface area contributed by atoms with Gasteiger partial charge >= 0.3 is 12.0 Å². The van der Waals surface area contributed by atoms with Gasteiger partial charge in [-0.05, 0) is 42.8 Å². The van der Waals surface area contributed by atoms with Crippen molar-refractivity contribution in [1.82, 2.24) is 10.6 Å². The van der Waals surface area contributed by atoms with Gasteiger partial charge in [0.1, 0.15) is 17.1 Å². The number of hydrogen-bond acceptors (Lipinski definition) is 6. The van der Waals surface area contributed by atoms with Gasteiger partial charge in [-0.3, -0.25) is 20.2 Å². The Morgan fingerprint density at radius 2 is 1.86 bits per heavy atom. The van der Waals surface area contributed by atoms with Crippen LogP contribution in [0.4, 0.5) is 4.79 Å². The van der Waals surface area contributed by atoms with Crippen LogP contribution in [-0.2, 0) is 14.3 Å². The first kappa shape index (κ1) is 20.3. The van der Waals surface area contributed by atoms with E-state index in [0.717, 1.165) is 12.8 Å². The second-order valence-corrected chi connectivity index (χ2v) is 6.59. The number of esters is 1. The average Bonchev–Trinajstić information content (AvgIpc) is 3.14. The fraction of sp³-hybridized carbons (Fsp3) is 0.200. The molecule has 3 rings (SSSR count). The summed E-state index contributed by atoms with van der Waals surface area (Å²) in [5.41, 5.74) is 0.511. The molecule has 0 saturated carbocycles. The molecule has 4 amide bonds. The maximum absolute atomic E-state index is 12.2. The number of hydrogen-bond donors (Lipinski definition) is 2. The van der Waals surface area contributed by atoms with Crippen LogP contribution >= 0.6 is 11.6 Å². The minimum absolute atomic E-state index is 0.209. The first-order valence-corrected chi connectivity index (χ1v) is 9.22. The Bertz CT molecular complexity index is 1000. The Hall–Kier alpha value is -3.39. The highest BCUT2D eigenvalue weighted by Gasteiger charge is 2.28. The number of urea groups is 1. The number of unbranched alkanes of at least 4 members (excludes halogenated alkanes) is 1. The molecule has 1 aliphatic heterocycles. The van der Waals surface area contributed by atoms with Crippen LogP contribution in [0, 0.1) is 0 Å². The predicted molar refractivity (Wildman–Crippen MR) is 104 cm³/mol. The topological polar surface area (TPSA) is 115 Å². The van der Waals surface area contributed by atoms with E-state index in [1.807, 2.05) is 17.6 Å². The van der Waals surface area contributed by atoms with Crippen molar-refractivity contribution in [3.63, 3.8) is 0 Å². The number of halogens is 1. The number of carbonyl (C=O) groups is 4. The standard InChI is InChI=1S/C20H17ClN2O6/c1-2-3-8-28-19(26)13-9-11(4-6-15(13)21)16-7-5-12(29-16)10-14-17(24)22-20(27)23-18(14)25/h4-7,9-10H,2-3,8H2,1H3,(H2,22,23,24,25,27). The van der Waals surface area contributed by atoms with Crippen molar-refractivity contribution >= 4 is 41.5 Å². The molecule has 150 valence electrons. The van der Waals surface area contributed by atoms with Crippen LogP contribution in [-0.4, -0.2) is 30.4 Å². The summed E-state index contributed by atoms with van der Waals surface area (Å²) in [6.07, 6.45) is 2.87. The third-order valence-electron chi connectivity index (χ3n) is 4.06. The smallest absolute Gasteiger partial charge is 0.339 e. The fourth-order valence-corrected chi connectivity index (χ4v) is 2.75. The van der Waals surface area contributed by atoms with Gasteiger partial charge in [0.05, 0.1) is 17.2 Å². The first-order valence-electron chi connectivity index (χ1n) is 8.84. The molecule has 2 N–H and O–H groups in total. The summed E-state index contributed by atoms with van der Waals surface area (Å²) >= 11 is 6.11. The van der Waals surface area contributed by atoms with Gasteiger partial charge in [0.2, 0.25) is 0 Å². The van der Waals surface area contributed by atoms with Gasteiger partial charge in [0, 0.05) is 5.56 Å². The van der Waals surface area contributed by atoms with E-state index in [9.17, 15) is 19.2 Å². The van der Waals surface area contributed by atoms with E-state index in [1.54, 1.807) is 30.3 Å². The van der Waals surface area contributed by atoms with Crippen LogP contribution in [0.25, 0.3) is 17.4 Å². The van der Waals surface area contributed by atoms with E-state index in [0.29, 0.717) is 17.9 Å². The normalized spacial score (nSPS) is 13.7. The zero-order valence-corrected chi connectivity index (χ0v) is 16.2. The molecule has 1 fully saturated rings. The Kier molecular flexibility index (Phi) is 6.13. The monoisotopic (exact) mass is 416 g/mol. The second-order valence-electron chi connectivity index (χ2n) is 6.18. The third-order valence-corrected chi connectivity index (χ3v) is 4.39. The first-order chi connectivity index (χ1) is 13.9. The Morgan fingerprint density at radius 1 is 1.14 bits per heavy atom. The van der Waals surface area contributed by atoms with Crippen LogP contribution in [0.5, 0.6) is 0 Å². The number of amides is 4. The van der Waals surface area contributed by atoms with Crippen LogP contribution in [0.2, 0.25) is 5.02 Å². The van der Waals surface area contributed by atoms with E-state index < -0.39 is 23.8 Å². The lowest BCUT2D eigenvalue weighted by atomic mass is 10.1. The molecule has 1 saturated heterocycles. The zero-order chi connectivity index (χ0) is 21.0. The lowest BCUT2D eigenvalue weighted by Gasteiger charge is -2.13. The zero-order valence-electron chi connectivity index (χ0n) is 15.4. The number of ether oxygens (including phenoxy) is 1. The van der Waals surface area contributed by atoms with E-state index in [-0.39, 0.29) is 21.9 Å². The number of carbonyl (C=O) groups excluding carboxylic acids is 4. The number of benzene rings is 1. The molecule has 1 aliphatic rings. The number of imide groups is 2. The molecule has 1 aromatic heterocycles. The van der Waals surface area contributed by atoms with Crippen molar-refractivity contribution in [3.8, 4) is 11.3 Å². The summed E-state index contributed by atoms with van der Waals surface area (Å²) in [6, 6.07) is 7.06. The van der Waals surface area contributed by atoms with E-state index in [4.69, 9.17) is 20.8 Å². The highest BCUT2D eigenvalue weighted by molar-refractivity contribution is 6.33. The Morgan fingerprint density at radius 3 is 2.55 bits per heavy atom. The second kappa shape index (κ2) is 8.74. The molecule has 0 unspecified atom stereocenters. The summed E-state index contributed by atoms with van der Waals surface area (Å²) in [5, 5.41) is 4.21. The number of nitrogens with one attached hydrogen (secondary N) is 2. The molecular weight excluding hydrogens is 400 g/mol. The quantitative estimate of drug-likeness (QED) is 0.323. The molecule has 0 spiro atoms. The Balaban J connectivity index is 1.83. The molecule has 29 heavy (non-hydrogen) atoms. The van der Waals surface area contributed by atoms with Crippen molar-refractivity contribution in [1.29, 1.82) is 0 Å². The highest BCUT2D eigenvalue weighted by Crippen LogP contribution is 2.28. The van der Waals surface area contributed by atoms with Gasteiger partial charge in [-0.1, -0.05) is 24.9 Å². The molecule has 2 aromatic rings. The molecular formula is C20H17ClN2O6. The number of furan rings is 1. The predicted octanol–water partition coefficient (Wildman–Crippen LogP) is 3.31. The molecule has 8 nitrogen and oxygen atoms in total. The van der Waals surface area contributed by atoms with Crippen molar-refractivity contribution in [2.24, 2.45) is 0 Å². The summed E-state index contributed by atoms with van der Waals surface area (Å²) in [4.78, 5) is 46.9. The van der Waals surface area contributed by atoms with Gasteiger partial charge < -0.3 is 9.15 Å². The largest absolute Gasteiger partial charge is 0.462 e. The van der Waals surface area contributed by atoms with Crippen molar-refractivity contribution in [3.05, 3.63) is 52.3 Å². The maximum atomic E-state index is 12.2. The molecule has 0 aliphatic carbocycles. The van der Waals surface area contributed by atoms with Gasteiger partial charge in [-0.15, -0.1) is 0 Å². The summed E-state index contributed by atoms with van der Waals surface area (Å²) in [6.45, 7) is 2.30. The van der Waals surface area contributed by atoms with Gasteiger partial charge in [-0.2, -0.15) is 0 Å². The lowest BCUT2D eigenvalue weighted by Crippen LogP contribution is -2.51. The minimum atomic E-state index is -0.878. The molecule has 2 heterocycles. The van der Waals surface area contributed by atoms with E-state index >= 15 is 0 Å². The van der Waals surface area contributed by atoms with Crippen molar-refractivity contribution in [2.45, 2.75) is 19.8 Å². The molecule has 0 bridgehead atoms. The highest BCUT2D eigenvalue weighted by atomic mass is 35.5. The summed E-state index contributed by atoms with van der Waals surface area (Å²) in [7, 11) is 0. The maximum Gasteiger partial charge on any atom is 0.339 e. The van der Waals surface area contributed by atoms with E-state index in [2.05, 4.69) is 0 Å². The van der Waals surface area contributed by atoms with Crippen LogP contribution < -0.4 is 10.6 Å². The molecule has 1 aromatic carbocycles. The Labute approximate surface area is 170 Å². The molecule has 0 radical (unpaired) electrons. The van der Waals surface area contributed by atoms with Crippen LogP contribution in [0.3, 0.4) is 0 Å². The number of barbiturate groups is 1. The summed E-state index contributed by atoms with van der Waals surface area (Å²) in [5.74, 6) is -1.56. The molecule has 0 atom stereocenters. The number of rotatable bonds is 6. The fourth-order valence-electron chi connectivity index (χ4n) is 2.56. The SMILES string of the molecule is CCCCOC(=O)c1cc(-c2ccc(C=C3C(=O)NC(=O)NC3=O)o2)ccc1Cl. The lowest BCUT2D eigenvalue weighted by molar-refractivity contribution is -0.123. The summed E-state index contributed by atoms with van der Waals surface area (Å²) < 4.78 is 10.9. The van der Waals surface area contributed by atoms with Crippen LogP contribution in [0.1, 0.15) is 35.9 Å². The van der Waals surface area contributed by atoms with Crippen molar-refractivity contribution < 1.29 is 28.3 Å². The van der Waals surface area contributed by atoms with Gasteiger partial charge in [0.15, 0.2) is 0 Å². The minimum Gasteiger partial charge on any atom is -0.462 e. The van der Waals surface area contributed by atoms with Gasteiger partial charge in [0.25, 0.3) is 11.8 Å². The van der Waals surface area contributed by atoms with Gasteiger partial charge in [-0.25, -0.2) is 9.59 Å². The van der Waals surface area contributed by atoms with E-state index in [1.165, 1.54) is 6.08 Å². The molecule has 9 heteroatoms. The van der Waals surface area contributed by atoms with Crippen LogP contribution in [0.15, 0.2) is 40.3 Å². The third kappa shape index (κ3) is 4.72. The van der Waals surface area contributed by atoms with Crippen molar-refractivity contribution in [2.75, 3.05) is 6.61 Å².